The van der Waals surface area contributed by atoms with Gasteiger partial charge in [0.1, 0.15) is 17.6 Å². The van der Waals surface area contributed by atoms with E-state index in [1.54, 1.807) is 26.2 Å². The number of methoxy groups -OCH3 is 3. The molecule has 1 aromatic heterocycles. The second-order valence-electron chi connectivity index (χ2n) is 9.54. The molecule has 1 saturated heterocycles. The Morgan fingerprint density at radius 1 is 0.971 bits per heavy atom. The van der Waals surface area contributed by atoms with Crippen molar-refractivity contribution in [3.05, 3.63) is 59.8 Å². The number of amides is 2. The number of carbonyl (C=O) groups excluding carboxylic acids is 1. The third kappa shape index (κ3) is 3.67. The van der Waals surface area contributed by atoms with Gasteiger partial charge in [-0.3, -0.25) is 10.2 Å². The first-order chi connectivity index (χ1) is 16.8. The molecule has 3 heterocycles. The van der Waals surface area contributed by atoms with Crippen LogP contribution in [-0.2, 0) is 5.54 Å². The number of hydrogen-bond donors (Lipinski definition) is 1. The van der Waals surface area contributed by atoms with Crippen molar-refractivity contribution >= 4 is 23.4 Å². The Morgan fingerprint density at radius 2 is 1.74 bits per heavy atom. The van der Waals surface area contributed by atoms with Crippen molar-refractivity contribution in [2.45, 2.75) is 38.3 Å². The zero-order chi connectivity index (χ0) is 24.9. The Balaban J connectivity index is 1.72. The maximum Gasteiger partial charge on any atom is 0.328 e. The molecule has 2 aliphatic rings. The summed E-state index contributed by atoms with van der Waals surface area (Å²) >= 11 is 0. The van der Waals surface area contributed by atoms with E-state index in [1.165, 1.54) is 0 Å². The number of urea groups is 1. The Labute approximate surface area is 204 Å². The molecule has 2 atom stereocenters. The van der Waals surface area contributed by atoms with E-state index in [0.717, 1.165) is 16.9 Å². The van der Waals surface area contributed by atoms with Crippen molar-refractivity contribution < 1.29 is 19.0 Å². The highest BCUT2D eigenvalue weighted by molar-refractivity contribution is 6.18. The van der Waals surface area contributed by atoms with Crippen molar-refractivity contribution in [1.82, 2.24) is 15.1 Å². The summed E-state index contributed by atoms with van der Waals surface area (Å²) in [4.78, 5) is 20.0. The van der Waals surface area contributed by atoms with Crippen molar-refractivity contribution in [2.24, 2.45) is 4.99 Å². The van der Waals surface area contributed by atoms with Crippen LogP contribution in [0.1, 0.15) is 37.8 Å². The number of anilines is 1. The SMILES string of the molecule is COc1cccc(N2C(=O)NC3=Nc4c(cnn4C(C)(C)C)[C@H](c4ccc(OC)c(OC)c4)[C@@H]32)c1. The fourth-order valence-corrected chi connectivity index (χ4v) is 4.80. The Hall–Kier alpha value is -4.01. The summed E-state index contributed by atoms with van der Waals surface area (Å²) < 4.78 is 18.4. The van der Waals surface area contributed by atoms with Gasteiger partial charge in [-0.2, -0.15) is 5.10 Å². The van der Waals surface area contributed by atoms with E-state index in [-0.39, 0.29) is 17.5 Å². The van der Waals surface area contributed by atoms with Gasteiger partial charge in [-0.05, 0) is 50.6 Å². The standard InChI is InChI=1S/C26H29N5O4/c1-26(2,3)31-24-18(14-27-31)21(15-10-11-19(34-5)20(12-15)35-6)22-23(28-24)29-25(32)30(22)16-8-7-9-17(13-16)33-4/h7-14,21-22H,1-6H3,(H,28,29,32)/t21-,22-/m0/s1. The van der Waals surface area contributed by atoms with E-state index in [4.69, 9.17) is 24.3 Å². The number of aromatic nitrogens is 2. The van der Waals surface area contributed by atoms with Gasteiger partial charge in [0.15, 0.2) is 17.3 Å². The van der Waals surface area contributed by atoms with Crippen LogP contribution in [0, 0.1) is 0 Å². The van der Waals surface area contributed by atoms with Crippen LogP contribution in [0.4, 0.5) is 16.3 Å². The Bertz CT molecular complexity index is 1320. The molecule has 0 radical (unpaired) electrons. The lowest BCUT2D eigenvalue weighted by Gasteiger charge is -2.34. The quantitative estimate of drug-likeness (QED) is 0.589. The third-order valence-electron chi connectivity index (χ3n) is 6.39. The molecule has 2 aliphatic heterocycles. The third-order valence-corrected chi connectivity index (χ3v) is 6.39. The van der Waals surface area contributed by atoms with E-state index in [0.29, 0.717) is 28.8 Å². The predicted octanol–water partition coefficient (Wildman–Crippen LogP) is 4.44. The average Bonchev–Trinajstić information content (AvgIpc) is 3.42. The number of carbonyl (C=O) groups is 1. The monoisotopic (exact) mass is 475 g/mol. The maximum absolute atomic E-state index is 13.3. The lowest BCUT2D eigenvalue weighted by Crippen LogP contribution is -2.42. The number of amidine groups is 1. The van der Waals surface area contributed by atoms with Crippen molar-refractivity contribution in [1.29, 1.82) is 0 Å². The van der Waals surface area contributed by atoms with E-state index in [1.807, 2.05) is 53.3 Å². The molecule has 0 bridgehead atoms. The molecular formula is C26H29N5O4. The number of nitrogens with one attached hydrogen (secondary N) is 1. The van der Waals surface area contributed by atoms with E-state index < -0.39 is 6.04 Å². The molecule has 2 amide bonds. The topological polar surface area (TPSA) is 90.2 Å². The lowest BCUT2D eigenvalue weighted by molar-refractivity contribution is 0.252. The number of benzene rings is 2. The summed E-state index contributed by atoms with van der Waals surface area (Å²) in [5.41, 5.74) is 2.32. The summed E-state index contributed by atoms with van der Waals surface area (Å²) in [7, 11) is 4.83. The van der Waals surface area contributed by atoms with E-state index >= 15 is 0 Å². The summed E-state index contributed by atoms with van der Waals surface area (Å²) in [6, 6.07) is 12.7. The fourth-order valence-electron chi connectivity index (χ4n) is 4.80. The highest BCUT2D eigenvalue weighted by atomic mass is 16.5. The molecule has 35 heavy (non-hydrogen) atoms. The largest absolute Gasteiger partial charge is 0.497 e. The molecule has 3 aromatic rings. The van der Waals surface area contributed by atoms with Gasteiger partial charge in [-0.25, -0.2) is 14.5 Å². The molecule has 5 rings (SSSR count). The van der Waals surface area contributed by atoms with E-state index in [2.05, 4.69) is 26.1 Å². The van der Waals surface area contributed by atoms with Gasteiger partial charge in [0, 0.05) is 23.2 Å². The van der Waals surface area contributed by atoms with Crippen LogP contribution in [0.3, 0.4) is 0 Å². The number of ether oxygens (including phenoxy) is 3. The fraction of sp³-hybridized carbons (Fsp3) is 0.346. The van der Waals surface area contributed by atoms with Crippen molar-refractivity contribution in [3.63, 3.8) is 0 Å². The first-order valence-electron chi connectivity index (χ1n) is 11.4. The minimum absolute atomic E-state index is 0.243. The highest BCUT2D eigenvalue weighted by Crippen LogP contribution is 2.46. The summed E-state index contributed by atoms with van der Waals surface area (Å²) in [6.45, 7) is 6.23. The number of rotatable bonds is 5. The zero-order valence-corrected chi connectivity index (χ0v) is 20.7. The molecule has 1 N–H and O–H groups in total. The second-order valence-corrected chi connectivity index (χ2v) is 9.54. The Morgan fingerprint density at radius 3 is 2.43 bits per heavy atom. The highest BCUT2D eigenvalue weighted by Gasteiger charge is 2.48. The summed E-state index contributed by atoms with van der Waals surface area (Å²) in [5.74, 6) is 2.98. The summed E-state index contributed by atoms with van der Waals surface area (Å²) in [5, 5.41) is 7.70. The van der Waals surface area contributed by atoms with Gasteiger partial charge >= 0.3 is 6.03 Å². The lowest BCUT2D eigenvalue weighted by atomic mass is 9.83. The van der Waals surface area contributed by atoms with Gasteiger partial charge in [0.05, 0.1) is 33.1 Å². The molecule has 2 aromatic carbocycles. The molecule has 0 spiro atoms. The van der Waals surface area contributed by atoms with Crippen LogP contribution >= 0.6 is 0 Å². The molecule has 9 nitrogen and oxygen atoms in total. The summed E-state index contributed by atoms with van der Waals surface area (Å²) in [6.07, 6.45) is 1.86. The van der Waals surface area contributed by atoms with Crippen LogP contribution in [0.15, 0.2) is 53.7 Å². The van der Waals surface area contributed by atoms with Crippen LogP contribution in [0.5, 0.6) is 17.2 Å². The van der Waals surface area contributed by atoms with Gasteiger partial charge in [0.25, 0.3) is 0 Å². The predicted molar refractivity (Wildman–Crippen MR) is 133 cm³/mol. The molecule has 1 fully saturated rings. The maximum atomic E-state index is 13.3. The van der Waals surface area contributed by atoms with Crippen molar-refractivity contribution in [2.75, 3.05) is 26.2 Å². The van der Waals surface area contributed by atoms with Gasteiger partial charge in [-0.1, -0.05) is 12.1 Å². The van der Waals surface area contributed by atoms with E-state index in [9.17, 15) is 4.79 Å². The smallest absolute Gasteiger partial charge is 0.328 e. The van der Waals surface area contributed by atoms with Crippen LogP contribution in [-0.4, -0.2) is 49.0 Å². The minimum atomic E-state index is -0.405. The minimum Gasteiger partial charge on any atom is -0.497 e. The number of hydrogen-bond acceptors (Lipinski definition) is 6. The van der Waals surface area contributed by atoms with Crippen molar-refractivity contribution in [3.8, 4) is 17.2 Å². The van der Waals surface area contributed by atoms with Gasteiger partial charge in [0.2, 0.25) is 0 Å². The zero-order valence-electron chi connectivity index (χ0n) is 20.7. The number of nitrogens with zero attached hydrogens (tertiary/aromatic N) is 4. The first kappa shape index (κ1) is 22.8. The van der Waals surface area contributed by atoms with Gasteiger partial charge in [-0.15, -0.1) is 0 Å². The van der Waals surface area contributed by atoms with Crippen LogP contribution < -0.4 is 24.4 Å². The average molecular weight is 476 g/mol. The molecule has 0 saturated carbocycles. The molecule has 9 heteroatoms. The second kappa shape index (κ2) is 8.33. The number of aliphatic imine (C=N–C) groups is 1. The molecule has 0 unspecified atom stereocenters. The molecule has 0 aliphatic carbocycles. The molecule has 182 valence electrons. The van der Waals surface area contributed by atoms with Crippen LogP contribution in [0.2, 0.25) is 0 Å². The Kier molecular flexibility index (Phi) is 5.42. The molecular weight excluding hydrogens is 446 g/mol. The van der Waals surface area contributed by atoms with Gasteiger partial charge < -0.3 is 14.2 Å². The van der Waals surface area contributed by atoms with Crippen LogP contribution in [0.25, 0.3) is 0 Å². The first-order valence-corrected chi connectivity index (χ1v) is 11.4. The normalized spacial score (nSPS) is 19.0. The number of fused-ring (bicyclic) bond motifs is 2.